The van der Waals surface area contributed by atoms with E-state index < -0.39 is 0 Å². The van der Waals surface area contributed by atoms with Crippen LogP contribution in [0, 0.1) is 0 Å². The monoisotopic (exact) mass is 510 g/mol. The minimum absolute atomic E-state index is 1.18. The molecule has 0 N–H and O–H groups in total. The number of benzene rings is 6. The van der Waals surface area contributed by atoms with Gasteiger partial charge in [0, 0.05) is 0 Å². The Hall–Kier alpha value is -5.20. The van der Waals surface area contributed by atoms with Crippen molar-refractivity contribution < 1.29 is 0 Å². The van der Waals surface area contributed by atoms with E-state index in [0.717, 1.165) is 0 Å². The highest BCUT2D eigenvalue weighted by molar-refractivity contribution is 5.84. The quantitative estimate of drug-likeness (QED) is 0.187. The molecule has 0 atom stereocenters. The molecule has 0 amide bonds. The third-order valence-electron chi connectivity index (χ3n) is 7.12. The molecule has 190 valence electrons. The highest BCUT2D eigenvalue weighted by atomic mass is 14.1. The smallest absolute Gasteiger partial charge is 0.0105 e. The van der Waals surface area contributed by atoms with E-state index in [-0.39, 0.29) is 0 Å². The first-order chi connectivity index (χ1) is 19.8. The van der Waals surface area contributed by atoms with E-state index in [0.29, 0.717) is 0 Å². The second-order valence-electron chi connectivity index (χ2n) is 9.86. The van der Waals surface area contributed by atoms with Crippen LogP contribution in [0.25, 0.3) is 57.7 Å². The van der Waals surface area contributed by atoms with Crippen LogP contribution in [0.5, 0.6) is 0 Å². The van der Waals surface area contributed by atoms with Gasteiger partial charge in [-0.2, -0.15) is 0 Å². The maximum absolute atomic E-state index is 2.28. The van der Waals surface area contributed by atoms with Gasteiger partial charge in [0.25, 0.3) is 0 Å². The molecule has 0 saturated heterocycles. The molecular formula is C40H30. The summed E-state index contributed by atoms with van der Waals surface area (Å²) in [4.78, 5) is 0. The van der Waals surface area contributed by atoms with Crippen LogP contribution in [0.2, 0.25) is 0 Å². The normalized spacial score (nSPS) is 11.3. The summed E-state index contributed by atoms with van der Waals surface area (Å²) in [6, 6.07) is 55.8. The van der Waals surface area contributed by atoms with Crippen LogP contribution < -0.4 is 0 Å². The van der Waals surface area contributed by atoms with Crippen molar-refractivity contribution in [2.45, 2.75) is 0 Å². The fraction of sp³-hybridized carbons (Fsp3) is 0. The summed E-state index contributed by atoms with van der Waals surface area (Å²) in [7, 11) is 0. The Morgan fingerprint density at radius 1 is 0.275 bits per heavy atom. The summed E-state index contributed by atoms with van der Waals surface area (Å²) in [6.45, 7) is 0. The summed E-state index contributed by atoms with van der Waals surface area (Å²) in [6.07, 6.45) is 8.79. The summed E-state index contributed by atoms with van der Waals surface area (Å²) in [5.41, 5.74) is 12.1. The van der Waals surface area contributed by atoms with E-state index >= 15 is 0 Å². The van der Waals surface area contributed by atoms with E-state index in [4.69, 9.17) is 0 Å². The van der Waals surface area contributed by atoms with E-state index in [9.17, 15) is 0 Å². The van der Waals surface area contributed by atoms with Gasteiger partial charge in [-0.3, -0.25) is 0 Å². The molecule has 0 aliphatic heterocycles. The van der Waals surface area contributed by atoms with Crippen LogP contribution in [-0.4, -0.2) is 0 Å². The summed E-state index contributed by atoms with van der Waals surface area (Å²) < 4.78 is 0. The summed E-state index contributed by atoms with van der Waals surface area (Å²) >= 11 is 0. The Morgan fingerprint density at radius 2 is 0.650 bits per heavy atom. The van der Waals surface area contributed by atoms with Crippen molar-refractivity contribution in [2.24, 2.45) is 0 Å². The lowest BCUT2D eigenvalue weighted by molar-refractivity contribution is 1.57. The van der Waals surface area contributed by atoms with E-state index in [1.54, 1.807) is 0 Å². The molecule has 6 aromatic rings. The highest BCUT2D eigenvalue weighted by Crippen LogP contribution is 2.28. The van der Waals surface area contributed by atoms with Gasteiger partial charge in [-0.25, -0.2) is 0 Å². The molecule has 0 fully saturated rings. The molecule has 0 heterocycles. The lowest BCUT2D eigenvalue weighted by Gasteiger charge is -2.09. The molecule has 0 aliphatic rings. The molecule has 0 saturated carbocycles. The van der Waals surface area contributed by atoms with Gasteiger partial charge in [-0.05, 0) is 61.7 Å². The van der Waals surface area contributed by atoms with Gasteiger partial charge in [0.1, 0.15) is 0 Å². The Labute approximate surface area is 237 Å². The predicted molar refractivity (Wildman–Crippen MR) is 173 cm³/mol. The van der Waals surface area contributed by atoms with Crippen LogP contribution in [-0.2, 0) is 0 Å². The van der Waals surface area contributed by atoms with Gasteiger partial charge in [0.2, 0.25) is 0 Å². The topological polar surface area (TPSA) is 0 Å². The first-order valence-electron chi connectivity index (χ1n) is 13.7. The molecule has 6 aromatic carbocycles. The van der Waals surface area contributed by atoms with Gasteiger partial charge in [0.05, 0.1) is 0 Å². The first kappa shape index (κ1) is 25.1. The Bertz CT molecular complexity index is 1720. The van der Waals surface area contributed by atoms with Crippen LogP contribution >= 0.6 is 0 Å². The lowest BCUT2D eigenvalue weighted by atomic mass is 9.96. The molecular weight excluding hydrogens is 480 g/mol. The summed E-state index contributed by atoms with van der Waals surface area (Å²) in [5, 5.41) is 0. The molecule has 0 bridgehead atoms. The summed E-state index contributed by atoms with van der Waals surface area (Å²) in [5.74, 6) is 0. The van der Waals surface area contributed by atoms with Crippen molar-refractivity contribution in [3.8, 4) is 33.4 Å². The minimum atomic E-state index is 1.18. The van der Waals surface area contributed by atoms with Gasteiger partial charge in [-0.1, -0.05) is 176 Å². The molecule has 0 heteroatoms. The average Bonchev–Trinajstić information content (AvgIpc) is 3.05. The van der Waals surface area contributed by atoms with Gasteiger partial charge < -0.3 is 0 Å². The van der Waals surface area contributed by atoms with Crippen LogP contribution in [0.1, 0.15) is 22.3 Å². The fourth-order valence-corrected chi connectivity index (χ4v) is 4.90. The molecule has 0 unspecified atom stereocenters. The maximum Gasteiger partial charge on any atom is -0.0105 e. The number of hydrogen-bond acceptors (Lipinski definition) is 0. The van der Waals surface area contributed by atoms with Crippen LogP contribution in [0.15, 0.2) is 158 Å². The van der Waals surface area contributed by atoms with Gasteiger partial charge in [-0.15, -0.1) is 0 Å². The zero-order chi connectivity index (χ0) is 27.0. The molecule has 0 radical (unpaired) electrons. The zero-order valence-corrected chi connectivity index (χ0v) is 22.3. The Morgan fingerprint density at radius 3 is 1.15 bits per heavy atom. The number of hydrogen-bond donors (Lipinski definition) is 0. The van der Waals surface area contributed by atoms with Crippen molar-refractivity contribution in [1.82, 2.24) is 0 Å². The molecule has 40 heavy (non-hydrogen) atoms. The highest BCUT2D eigenvalue weighted by Gasteiger charge is 2.05. The minimum Gasteiger partial charge on any atom is -0.0622 e. The standard InChI is InChI=1S/C40H30/c1-4-10-34(11-5-1)36-24-18-31(19-25-36)16-17-33-23-29-39(40(30-33)38-14-8-3-9-15-38)28-22-32-20-26-37(27-21-32)35-12-6-2-7-13-35/h1-30H. The Kier molecular flexibility index (Phi) is 7.60. The van der Waals surface area contributed by atoms with Crippen molar-refractivity contribution in [1.29, 1.82) is 0 Å². The van der Waals surface area contributed by atoms with Crippen LogP contribution in [0.3, 0.4) is 0 Å². The lowest BCUT2D eigenvalue weighted by Crippen LogP contribution is -1.86. The first-order valence-corrected chi connectivity index (χ1v) is 13.7. The van der Waals surface area contributed by atoms with E-state index in [2.05, 4.69) is 182 Å². The molecule has 0 aromatic heterocycles. The van der Waals surface area contributed by atoms with Crippen LogP contribution in [0.4, 0.5) is 0 Å². The fourth-order valence-electron chi connectivity index (χ4n) is 4.90. The number of rotatable bonds is 7. The average molecular weight is 511 g/mol. The predicted octanol–water partition coefficient (Wildman–Crippen LogP) is 11.0. The molecule has 0 aliphatic carbocycles. The SMILES string of the molecule is C(=Cc1ccc(C=Cc2ccc(-c3ccccc3)cc2)c(-c2ccccc2)c1)c1ccc(-c2ccccc2)cc1. The van der Waals surface area contributed by atoms with Gasteiger partial charge in [0.15, 0.2) is 0 Å². The van der Waals surface area contributed by atoms with Crippen molar-refractivity contribution in [3.63, 3.8) is 0 Å². The van der Waals surface area contributed by atoms with E-state index in [1.807, 2.05) is 0 Å². The van der Waals surface area contributed by atoms with E-state index in [1.165, 1.54) is 55.6 Å². The largest absolute Gasteiger partial charge is 0.0622 e. The van der Waals surface area contributed by atoms with Gasteiger partial charge >= 0.3 is 0 Å². The van der Waals surface area contributed by atoms with Crippen molar-refractivity contribution >= 4 is 24.3 Å². The van der Waals surface area contributed by atoms with Crippen molar-refractivity contribution in [2.75, 3.05) is 0 Å². The molecule has 6 rings (SSSR count). The third kappa shape index (κ3) is 6.09. The maximum atomic E-state index is 2.28. The third-order valence-corrected chi connectivity index (χ3v) is 7.12. The molecule has 0 nitrogen and oxygen atoms in total. The zero-order valence-electron chi connectivity index (χ0n) is 22.3. The second kappa shape index (κ2) is 12.1. The van der Waals surface area contributed by atoms with Crippen molar-refractivity contribution in [3.05, 3.63) is 180 Å². The second-order valence-corrected chi connectivity index (χ2v) is 9.86. The Balaban J connectivity index is 1.24. The molecule has 0 spiro atoms.